The Balaban J connectivity index is 1.27. The van der Waals surface area contributed by atoms with Crippen molar-refractivity contribution >= 4 is 67.1 Å². The van der Waals surface area contributed by atoms with Crippen LogP contribution in [0.4, 0.5) is 10.9 Å². The average molecular weight is 680 g/mol. The summed E-state index contributed by atoms with van der Waals surface area (Å²) in [4.78, 5) is 51.5. The van der Waals surface area contributed by atoms with E-state index >= 15 is 0 Å². The molecular weight excluding hydrogens is 648 g/mol. The second-order valence-corrected chi connectivity index (χ2v) is 12.8. The number of hydrogen-bond acceptors (Lipinski definition) is 14. The number of hydroxylamine groups is 2. The second-order valence-electron chi connectivity index (χ2n) is 10.9. The number of nitrogens with two attached hydrogens (primary N) is 2. The molecule has 2 aromatic heterocycles. The summed E-state index contributed by atoms with van der Waals surface area (Å²) >= 11 is 0.962. The maximum atomic E-state index is 13.2. The van der Waals surface area contributed by atoms with E-state index in [4.69, 9.17) is 19.9 Å². The molecule has 0 saturated carbocycles. The second kappa shape index (κ2) is 13.0. The Morgan fingerprint density at radius 3 is 2.70 bits per heavy atom. The van der Waals surface area contributed by atoms with Gasteiger partial charge < -0.3 is 36.4 Å². The van der Waals surface area contributed by atoms with Crippen molar-refractivity contribution in [1.82, 2.24) is 20.3 Å². The van der Waals surface area contributed by atoms with E-state index in [0.29, 0.717) is 22.4 Å². The summed E-state index contributed by atoms with van der Waals surface area (Å²) in [7, 11) is -5.01. The van der Waals surface area contributed by atoms with Crippen molar-refractivity contribution in [3.05, 3.63) is 41.4 Å². The Bertz CT molecular complexity index is 1790. The van der Waals surface area contributed by atoms with Crippen molar-refractivity contribution in [1.29, 1.82) is 0 Å². The first-order valence-corrected chi connectivity index (χ1v) is 16.1. The number of nitrogens with zero attached hydrogens (tertiary/aromatic N) is 4. The standard InChI is InChI=1S/C26H30N8O10S2/c1-26(2)21(23(36)34(26)44-46(39,40)41)32-22(35)20(17-12-45-25(27)31-17)33-43-18(24(37)38)11-42-15-4-5-16-13(9-15)3-6-19(30-16)29-14-7-8-28-10-14/h3-6,9,12,14,18,21,28H,7-8,10-11H2,1-2H3,(H2,27,31)(H,29,30)(H,32,35)(H,37,38)(H,39,40,41)/p+1. The van der Waals surface area contributed by atoms with Gasteiger partial charge in [-0.3, -0.25) is 14.1 Å². The maximum absolute atomic E-state index is 13.2. The summed E-state index contributed by atoms with van der Waals surface area (Å²) in [5.41, 5.74) is 4.39. The number of hydrogen-bond donors (Lipinski definition) is 6. The van der Waals surface area contributed by atoms with Gasteiger partial charge in [-0.15, -0.1) is 15.6 Å². The van der Waals surface area contributed by atoms with Gasteiger partial charge in [0.2, 0.25) is 0 Å². The Morgan fingerprint density at radius 2 is 2.07 bits per heavy atom. The molecule has 2 amide bonds. The summed E-state index contributed by atoms with van der Waals surface area (Å²) in [6.45, 7) is 4.29. The third-order valence-corrected chi connectivity index (χ3v) is 8.24. The SMILES string of the molecule is CC1(C)C(NC(=O)C(=NOC(COc2ccc3nc(NC4CC[NH2+]C4)ccc3c2)C(=O)O)c2csc(N)n2)C(=O)N1OS(=O)(=O)O. The fourth-order valence-electron chi connectivity index (χ4n) is 4.83. The number of carboxylic acids is 1. The molecule has 2 fully saturated rings. The first-order chi connectivity index (χ1) is 21.7. The topological polar surface area (TPSA) is 262 Å². The van der Waals surface area contributed by atoms with Crippen LogP contribution in [0.1, 0.15) is 26.0 Å². The van der Waals surface area contributed by atoms with Gasteiger partial charge in [-0.2, -0.15) is 13.5 Å². The number of ether oxygens (including phenoxy) is 1. The number of carboxylic acid groups (broad SMARTS) is 1. The van der Waals surface area contributed by atoms with Crippen LogP contribution in [0.3, 0.4) is 0 Å². The number of amides is 2. The first kappa shape index (κ1) is 32.8. The number of quaternary nitrogens is 1. The van der Waals surface area contributed by atoms with Crippen molar-refractivity contribution in [2.24, 2.45) is 5.16 Å². The van der Waals surface area contributed by atoms with Crippen molar-refractivity contribution in [3.8, 4) is 5.75 Å². The molecule has 1 aromatic carbocycles. The lowest BCUT2D eigenvalue weighted by atomic mass is 9.84. The van der Waals surface area contributed by atoms with Crippen LogP contribution in [-0.4, -0.2) is 100 Å². The zero-order valence-corrected chi connectivity index (χ0v) is 26.1. The van der Waals surface area contributed by atoms with Gasteiger partial charge in [0.25, 0.3) is 17.9 Å². The molecule has 20 heteroatoms. The number of aliphatic carboxylic acids is 1. The van der Waals surface area contributed by atoms with E-state index in [9.17, 15) is 27.9 Å². The lowest BCUT2D eigenvalue weighted by molar-refractivity contribution is -0.636. The highest BCUT2D eigenvalue weighted by atomic mass is 32.3. The molecule has 246 valence electrons. The predicted molar refractivity (Wildman–Crippen MR) is 162 cm³/mol. The normalized spacial score (nSPS) is 20.2. The van der Waals surface area contributed by atoms with Crippen LogP contribution >= 0.6 is 11.3 Å². The van der Waals surface area contributed by atoms with Gasteiger partial charge in [0, 0.05) is 17.2 Å². The number of carbonyl (C=O) groups excluding carboxylic acids is 2. The van der Waals surface area contributed by atoms with Gasteiger partial charge in [-0.05, 0) is 44.2 Å². The quantitative estimate of drug-likeness (QED) is 0.0555. The number of pyridine rings is 1. The van der Waals surface area contributed by atoms with Crippen molar-refractivity contribution in [2.45, 2.75) is 44.0 Å². The van der Waals surface area contributed by atoms with Crippen molar-refractivity contribution in [2.75, 3.05) is 30.7 Å². The molecule has 3 unspecified atom stereocenters. The van der Waals surface area contributed by atoms with E-state index in [-0.39, 0.29) is 10.8 Å². The van der Waals surface area contributed by atoms with Crippen LogP contribution in [0.25, 0.3) is 10.9 Å². The number of anilines is 2. The Morgan fingerprint density at radius 1 is 1.28 bits per heavy atom. The number of carbonyl (C=O) groups is 3. The summed E-state index contributed by atoms with van der Waals surface area (Å²) in [6, 6.07) is 7.83. The zero-order chi connectivity index (χ0) is 33.2. The molecule has 4 heterocycles. The number of β-lactam (4-membered cyclic amide) rings is 1. The van der Waals surface area contributed by atoms with E-state index < -0.39 is 58.2 Å². The Hall–Kier alpha value is -4.63. The maximum Gasteiger partial charge on any atom is 0.418 e. The fraction of sp³-hybridized carbons (Fsp3) is 0.385. The van der Waals surface area contributed by atoms with Crippen LogP contribution < -0.4 is 26.4 Å². The minimum atomic E-state index is -5.01. The summed E-state index contributed by atoms with van der Waals surface area (Å²) in [5, 5.41) is 24.1. The van der Waals surface area contributed by atoms with Crippen LogP contribution in [0.5, 0.6) is 5.75 Å². The number of thiazole rings is 1. The number of fused-ring (bicyclic) bond motifs is 1. The number of benzene rings is 1. The fourth-order valence-corrected chi connectivity index (χ4v) is 5.83. The number of oxime groups is 1. The highest BCUT2D eigenvalue weighted by Gasteiger charge is 2.58. The van der Waals surface area contributed by atoms with Gasteiger partial charge in [-0.1, -0.05) is 5.16 Å². The van der Waals surface area contributed by atoms with Crippen molar-refractivity contribution < 1.29 is 51.6 Å². The molecule has 3 aromatic rings. The number of nitrogens with one attached hydrogen (secondary N) is 2. The van der Waals surface area contributed by atoms with Crippen LogP contribution in [0.15, 0.2) is 40.9 Å². The van der Waals surface area contributed by atoms with Gasteiger partial charge >= 0.3 is 16.4 Å². The number of nitrogen functional groups attached to an aromatic ring is 1. The molecule has 18 nitrogen and oxygen atoms in total. The highest BCUT2D eigenvalue weighted by Crippen LogP contribution is 2.33. The molecule has 8 N–H and O–H groups in total. The summed E-state index contributed by atoms with van der Waals surface area (Å²) in [5.74, 6) is -2.36. The minimum absolute atomic E-state index is 0.0622. The van der Waals surface area contributed by atoms with Gasteiger partial charge in [0.1, 0.15) is 29.9 Å². The van der Waals surface area contributed by atoms with Gasteiger partial charge in [0.05, 0.1) is 30.2 Å². The average Bonchev–Trinajstić information content (AvgIpc) is 3.67. The molecule has 0 aliphatic carbocycles. The number of aromatic nitrogens is 2. The Labute approximate surface area is 265 Å². The molecule has 0 spiro atoms. The van der Waals surface area contributed by atoms with E-state index in [0.717, 1.165) is 42.1 Å². The highest BCUT2D eigenvalue weighted by molar-refractivity contribution is 7.80. The first-order valence-electron chi connectivity index (χ1n) is 13.8. The summed E-state index contributed by atoms with van der Waals surface area (Å²) < 4.78 is 41.1. The molecule has 2 aliphatic heterocycles. The third kappa shape index (κ3) is 7.42. The van der Waals surface area contributed by atoms with Crippen LogP contribution in [-0.2, 0) is 33.9 Å². The van der Waals surface area contributed by atoms with E-state index in [1.165, 1.54) is 19.2 Å². The number of rotatable bonds is 13. The van der Waals surface area contributed by atoms with Crippen LogP contribution in [0.2, 0.25) is 0 Å². The predicted octanol–water partition coefficient (Wildman–Crippen LogP) is -0.886. The molecule has 5 rings (SSSR count). The third-order valence-electron chi connectivity index (χ3n) is 7.23. The molecule has 0 radical (unpaired) electrons. The molecular formula is C26H31N8O10S2+. The molecule has 0 bridgehead atoms. The smallest absolute Gasteiger partial charge is 0.418 e. The monoisotopic (exact) mass is 679 g/mol. The Kier molecular flexibility index (Phi) is 9.26. The van der Waals surface area contributed by atoms with Gasteiger partial charge in [0.15, 0.2) is 10.8 Å². The summed E-state index contributed by atoms with van der Waals surface area (Å²) in [6.07, 6.45) is -0.623. The van der Waals surface area contributed by atoms with Crippen LogP contribution in [0, 0.1) is 0 Å². The molecule has 3 atom stereocenters. The van der Waals surface area contributed by atoms with E-state index in [2.05, 4.69) is 35.4 Å². The lowest BCUT2D eigenvalue weighted by Gasteiger charge is -2.50. The van der Waals surface area contributed by atoms with Gasteiger partial charge in [-0.25, -0.2) is 14.8 Å². The largest absolute Gasteiger partial charge is 0.489 e. The zero-order valence-electron chi connectivity index (χ0n) is 24.4. The van der Waals surface area contributed by atoms with Crippen molar-refractivity contribution in [3.63, 3.8) is 0 Å². The lowest BCUT2D eigenvalue weighted by Crippen LogP contribution is -2.81. The minimum Gasteiger partial charge on any atom is -0.489 e. The molecule has 46 heavy (non-hydrogen) atoms. The molecule has 2 saturated heterocycles. The van der Waals surface area contributed by atoms with E-state index in [1.54, 1.807) is 18.2 Å². The van der Waals surface area contributed by atoms with E-state index in [1.807, 2.05) is 12.1 Å². The molecule has 2 aliphatic rings.